The molecule has 1 heterocycles. The zero-order valence-electron chi connectivity index (χ0n) is 9.64. The van der Waals surface area contributed by atoms with Crippen molar-refractivity contribution in [2.24, 2.45) is 0 Å². The quantitative estimate of drug-likeness (QED) is 0.838. The maximum atomic E-state index is 11.7. The molecule has 0 aliphatic rings. The summed E-state index contributed by atoms with van der Waals surface area (Å²) in [5.74, 6) is 2.66. The Labute approximate surface area is 102 Å². The first-order valence-electron chi connectivity index (χ1n) is 5.36. The molecule has 1 aromatic carbocycles. The molecular formula is C11H12AlNO4. The smallest absolute Gasteiger partial charge is 0.418 e. The lowest BCUT2D eigenvalue weighted by molar-refractivity contribution is 0.0698. The molecule has 6 heteroatoms. The normalized spacial score (nSPS) is 10.7. The molecule has 0 unspecified atom stereocenters. The summed E-state index contributed by atoms with van der Waals surface area (Å²) in [5.41, 5.74) is 0.846. The molecule has 1 N–H and O–H groups in total. The number of aromatic carboxylic acids is 1. The average molecular weight is 249 g/mol. The Morgan fingerprint density at radius 3 is 2.76 bits per heavy atom. The van der Waals surface area contributed by atoms with Crippen molar-refractivity contribution in [3.63, 3.8) is 0 Å². The molecule has 5 nitrogen and oxygen atoms in total. The lowest BCUT2D eigenvalue weighted by Gasteiger charge is -2.04. The lowest BCUT2D eigenvalue weighted by Crippen LogP contribution is -2.23. The lowest BCUT2D eigenvalue weighted by atomic mass is 10.2. The number of aromatic nitrogens is 1. The molecular weight excluding hydrogens is 237 g/mol. The van der Waals surface area contributed by atoms with Crippen LogP contribution in [0.2, 0.25) is 11.6 Å². The molecule has 0 aliphatic carbocycles. The summed E-state index contributed by atoms with van der Waals surface area (Å²) in [6.45, 7) is 0. The van der Waals surface area contributed by atoms with Crippen LogP contribution < -0.4 is 5.76 Å². The van der Waals surface area contributed by atoms with Crippen LogP contribution >= 0.6 is 0 Å². The SMILES string of the molecule is [CH3][Al]([CH3])[CH2]n1c(=O)oc2cccc(C(=O)O)c21. The number of carbonyl (C=O) groups is 1. The molecule has 0 aliphatic heterocycles. The molecule has 0 atom stereocenters. The van der Waals surface area contributed by atoms with Gasteiger partial charge in [0.1, 0.15) is 5.52 Å². The maximum absolute atomic E-state index is 11.7. The van der Waals surface area contributed by atoms with Gasteiger partial charge in [0.15, 0.2) is 5.58 Å². The third kappa shape index (κ3) is 2.14. The minimum atomic E-state index is -1.05. The van der Waals surface area contributed by atoms with E-state index in [1.165, 1.54) is 10.6 Å². The van der Waals surface area contributed by atoms with Gasteiger partial charge in [-0.3, -0.25) is 4.57 Å². The topological polar surface area (TPSA) is 72.4 Å². The second kappa shape index (κ2) is 4.40. The van der Waals surface area contributed by atoms with Crippen LogP contribution in [0.15, 0.2) is 27.4 Å². The Balaban J connectivity index is 2.77. The number of para-hydroxylation sites is 1. The third-order valence-corrected chi connectivity index (χ3v) is 3.56. The minimum absolute atomic E-state index is 0.114. The number of hydrogen-bond acceptors (Lipinski definition) is 3. The summed E-state index contributed by atoms with van der Waals surface area (Å²) in [6.07, 6.45) is 0. The number of oxazole rings is 1. The van der Waals surface area contributed by atoms with Crippen LogP contribution in [0.5, 0.6) is 0 Å². The van der Waals surface area contributed by atoms with Gasteiger partial charge in [-0.25, -0.2) is 9.59 Å². The molecule has 2 rings (SSSR count). The zero-order chi connectivity index (χ0) is 12.6. The van der Waals surface area contributed by atoms with Gasteiger partial charge in [-0.15, -0.1) is 11.6 Å². The van der Waals surface area contributed by atoms with Crippen LogP contribution in [0.4, 0.5) is 0 Å². The Kier molecular flexibility index (Phi) is 3.09. The summed E-state index contributed by atoms with van der Waals surface area (Å²) < 4.78 is 6.50. The van der Waals surface area contributed by atoms with Gasteiger partial charge in [0.25, 0.3) is 14.1 Å². The standard InChI is InChI=1S/C9H6NO4.2CH3.Al/c1-10-7-5(8(11)12)3-2-4-6(7)14-9(10)13;;;/h2-4H,1H2,(H,11,12);2*1H3;. The van der Waals surface area contributed by atoms with Gasteiger partial charge in [0.2, 0.25) is 0 Å². The van der Waals surface area contributed by atoms with Crippen molar-refractivity contribution in [1.29, 1.82) is 0 Å². The molecule has 0 bridgehead atoms. The van der Waals surface area contributed by atoms with E-state index in [1.807, 2.05) is 0 Å². The number of carboxylic acid groups (broad SMARTS) is 1. The van der Waals surface area contributed by atoms with Crippen LogP contribution in [-0.2, 0) is 5.41 Å². The third-order valence-electron chi connectivity index (χ3n) is 2.46. The Morgan fingerprint density at radius 1 is 1.47 bits per heavy atom. The number of fused-ring (bicyclic) bond motifs is 1. The fourth-order valence-electron chi connectivity index (χ4n) is 1.83. The van der Waals surface area contributed by atoms with Gasteiger partial charge in [-0.1, -0.05) is 6.07 Å². The minimum Gasteiger partial charge on any atom is -0.478 e. The van der Waals surface area contributed by atoms with E-state index in [1.54, 1.807) is 12.1 Å². The van der Waals surface area contributed by atoms with E-state index in [0.717, 1.165) is 0 Å². The van der Waals surface area contributed by atoms with E-state index >= 15 is 0 Å². The number of nitrogens with zero attached hydrogens (tertiary/aromatic N) is 1. The van der Waals surface area contributed by atoms with Gasteiger partial charge in [0, 0.05) is 0 Å². The number of benzene rings is 1. The Morgan fingerprint density at radius 2 is 2.18 bits per heavy atom. The molecule has 0 spiro atoms. The highest BCUT2D eigenvalue weighted by Crippen LogP contribution is 2.18. The van der Waals surface area contributed by atoms with Crippen molar-refractivity contribution in [2.75, 3.05) is 0 Å². The molecule has 2 aromatic rings. The number of hydrogen-bond donors (Lipinski definition) is 1. The van der Waals surface area contributed by atoms with Crippen molar-refractivity contribution in [3.8, 4) is 0 Å². The Bertz CT molecular complexity index is 626. The molecule has 0 amide bonds. The molecule has 0 saturated heterocycles. The van der Waals surface area contributed by atoms with E-state index < -0.39 is 25.9 Å². The molecule has 0 saturated carbocycles. The van der Waals surface area contributed by atoms with Crippen molar-refractivity contribution >= 4 is 31.2 Å². The summed E-state index contributed by atoms with van der Waals surface area (Å²) >= 11 is -1.04. The second-order valence-corrected chi connectivity index (χ2v) is 7.48. The molecule has 1 aromatic heterocycles. The molecule has 88 valence electrons. The van der Waals surface area contributed by atoms with Crippen LogP contribution in [0, 0.1) is 0 Å². The zero-order valence-corrected chi connectivity index (χ0v) is 10.8. The number of rotatable bonds is 3. The van der Waals surface area contributed by atoms with Gasteiger partial charge in [0.05, 0.1) is 5.56 Å². The summed E-state index contributed by atoms with van der Waals surface area (Å²) in [5, 5.41) is 9.68. The van der Waals surface area contributed by atoms with Crippen LogP contribution in [-0.4, -0.2) is 29.8 Å². The van der Waals surface area contributed by atoms with Gasteiger partial charge in [-0.05, 0) is 17.5 Å². The first-order chi connectivity index (χ1) is 8.00. The predicted molar refractivity (Wildman–Crippen MR) is 64.9 cm³/mol. The first kappa shape index (κ1) is 12.0. The first-order valence-corrected chi connectivity index (χ1v) is 8.49. The van der Waals surface area contributed by atoms with Crippen molar-refractivity contribution in [1.82, 2.24) is 4.57 Å². The molecule has 0 radical (unpaired) electrons. The van der Waals surface area contributed by atoms with Crippen LogP contribution in [0.3, 0.4) is 0 Å². The average Bonchev–Trinajstić information content (AvgIpc) is 2.54. The highest BCUT2D eigenvalue weighted by atomic mass is 27.2. The van der Waals surface area contributed by atoms with Gasteiger partial charge >= 0.3 is 11.7 Å². The highest BCUT2D eigenvalue weighted by Gasteiger charge is 2.18. The maximum Gasteiger partial charge on any atom is 0.418 e. The van der Waals surface area contributed by atoms with Gasteiger partial charge in [-0.2, -0.15) is 0 Å². The summed E-state index contributed by atoms with van der Waals surface area (Å²) in [7, 11) is 0. The summed E-state index contributed by atoms with van der Waals surface area (Å²) in [6, 6.07) is 4.67. The van der Waals surface area contributed by atoms with E-state index in [4.69, 9.17) is 9.52 Å². The largest absolute Gasteiger partial charge is 0.478 e. The van der Waals surface area contributed by atoms with E-state index in [2.05, 4.69) is 11.6 Å². The highest BCUT2D eigenvalue weighted by molar-refractivity contribution is 6.54. The van der Waals surface area contributed by atoms with Crippen molar-refractivity contribution in [2.45, 2.75) is 17.0 Å². The van der Waals surface area contributed by atoms with Crippen molar-refractivity contribution < 1.29 is 14.3 Å². The number of carboxylic acids is 1. The fraction of sp³-hybridized carbons (Fsp3) is 0.273. The van der Waals surface area contributed by atoms with Crippen LogP contribution in [0.25, 0.3) is 11.1 Å². The Hall–Kier alpha value is -1.51. The molecule has 0 fully saturated rings. The van der Waals surface area contributed by atoms with Gasteiger partial charge < -0.3 is 9.52 Å². The van der Waals surface area contributed by atoms with Crippen LogP contribution in [0.1, 0.15) is 10.4 Å². The second-order valence-electron chi connectivity index (χ2n) is 4.33. The van der Waals surface area contributed by atoms with E-state index in [-0.39, 0.29) is 5.56 Å². The van der Waals surface area contributed by atoms with Crippen molar-refractivity contribution in [3.05, 3.63) is 34.3 Å². The monoisotopic (exact) mass is 249 g/mol. The fourth-order valence-corrected chi connectivity index (χ4v) is 2.89. The molecule has 17 heavy (non-hydrogen) atoms. The summed E-state index contributed by atoms with van der Waals surface area (Å²) in [4.78, 5) is 22.8. The van der Waals surface area contributed by atoms with E-state index in [0.29, 0.717) is 16.5 Å². The van der Waals surface area contributed by atoms with E-state index in [9.17, 15) is 9.59 Å². The predicted octanol–water partition coefficient (Wildman–Crippen LogP) is 1.59.